The molecule has 5 nitrogen and oxygen atoms in total. The van der Waals surface area contributed by atoms with Crippen molar-refractivity contribution in [3.8, 4) is 39.8 Å². The van der Waals surface area contributed by atoms with Crippen molar-refractivity contribution in [2.24, 2.45) is 0 Å². The van der Waals surface area contributed by atoms with Gasteiger partial charge in [0.25, 0.3) is 0 Å². The third kappa shape index (κ3) is 2.82. The number of pyridine rings is 1. The van der Waals surface area contributed by atoms with E-state index in [9.17, 15) is 5.26 Å². The molecule has 1 aromatic heterocycles. The summed E-state index contributed by atoms with van der Waals surface area (Å²) in [5.74, 6) is 1.55. The van der Waals surface area contributed by atoms with Crippen LogP contribution in [0.4, 0.5) is 5.82 Å². The Morgan fingerprint density at radius 2 is 1.38 bits per heavy atom. The van der Waals surface area contributed by atoms with E-state index >= 15 is 0 Å². The lowest BCUT2D eigenvalue weighted by atomic mass is 9.89. The number of methoxy groups -OCH3 is 2. The van der Waals surface area contributed by atoms with Gasteiger partial charge in [-0.1, -0.05) is 36.4 Å². The highest BCUT2D eigenvalue weighted by Crippen LogP contribution is 2.44. The zero-order valence-electron chi connectivity index (χ0n) is 14.9. The molecule has 2 N–H and O–H groups in total. The molecule has 130 valence electrons. The molecule has 0 aliphatic carbocycles. The first-order valence-corrected chi connectivity index (χ1v) is 8.09. The molecular weight excluding hydrogens is 326 g/mol. The fourth-order valence-electron chi connectivity index (χ4n) is 3.14. The minimum absolute atomic E-state index is 0.199. The summed E-state index contributed by atoms with van der Waals surface area (Å²) in [7, 11) is 3.22. The van der Waals surface area contributed by atoms with Gasteiger partial charge < -0.3 is 15.2 Å². The first kappa shape index (κ1) is 17.3. The van der Waals surface area contributed by atoms with Crippen LogP contribution in [0.3, 0.4) is 0 Å². The molecule has 5 heteroatoms. The largest absolute Gasteiger partial charge is 0.496 e. The predicted molar refractivity (Wildman–Crippen MR) is 102 cm³/mol. The van der Waals surface area contributed by atoms with Crippen LogP contribution in [-0.4, -0.2) is 19.2 Å². The van der Waals surface area contributed by atoms with Gasteiger partial charge in [0, 0.05) is 27.9 Å². The molecule has 1 heterocycles. The normalized spacial score (nSPS) is 10.2. The van der Waals surface area contributed by atoms with Gasteiger partial charge in [-0.3, -0.25) is 0 Å². The first-order valence-electron chi connectivity index (χ1n) is 8.09. The Morgan fingerprint density at radius 3 is 1.88 bits per heavy atom. The average Bonchev–Trinajstić information content (AvgIpc) is 2.67. The van der Waals surface area contributed by atoms with Gasteiger partial charge in [-0.25, -0.2) is 4.98 Å². The molecule has 0 spiro atoms. The topological polar surface area (TPSA) is 81.2 Å². The van der Waals surface area contributed by atoms with E-state index in [1.54, 1.807) is 14.2 Å². The monoisotopic (exact) mass is 345 g/mol. The van der Waals surface area contributed by atoms with E-state index in [0.29, 0.717) is 28.3 Å². The Hall–Kier alpha value is -3.52. The summed E-state index contributed by atoms with van der Waals surface area (Å²) in [4.78, 5) is 4.40. The third-order valence-corrected chi connectivity index (χ3v) is 4.27. The first-order chi connectivity index (χ1) is 12.6. The zero-order chi connectivity index (χ0) is 18.7. The van der Waals surface area contributed by atoms with E-state index in [1.165, 1.54) is 0 Å². The number of ether oxygens (including phenoxy) is 2. The van der Waals surface area contributed by atoms with E-state index in [4.69, 9.17) is 15.2 Å². The fourth-order valence-corrected chi connectivity index (χ4v) is 3.14. The van der Waals surface area contributed by atoms with E-state index < -0.39 is 0 Å². The summed E-state index contributed by atoms with van der Waals surface area (Å²) in [5.41, 5.74) is 10.2. The van der Waals surface area contributed by atoms with Crippen LogP contribution in [0.1, 0.15) is 11.3 Å². The number of nitriles is 1. The van der Waals surface area contributed by atoms with Gasteiger partial charge in [0.2, 0.25) is 0 Å². The highest BCUT2D eigenvalue weighted by atomic mass is 16.5. The van der Waals surface area contributed by atoms with Crippen LogP contribution in [0.5, 0.6) is 11.5 Å². The smallest absolute Gasteiger partial charge is 0.142 e. The maximum absolute atomic E-state index is 9.77. The van der Waals surface area contributed by atoms with Crippen molar-refractivity contribution in [3.05, 3.63) is 59.8 Å². The maximum atomic E-state index is 9.77. The van der Waals surface area contributed by atoms with Crippen molar-refractivity contribution >= 4 is 5.82 Å². The summed E-state index contributed by atoms with van der Waals surface area (Å²) in [6.07, 6.45) is 0. The van der Waals surface area contributed by atoms with Crippen molar-refractivity contribution < 1.29 is 9.47 Å². The molecule has 2 aromatic carbocycles. The van der Waals surface area contributed by atoms with Gasteiger partial charge in [0.05, 0.1) is 14.2 Å². The molecule has 0 aliphatic heterocycles. The highest BCUT2D eigenvalue weighted by Gasteiger charge is 2.23. The lowest BCUT2D eigenvalue weighted by Crippen LogP contribution is -2.04. The van der Waals surface area contributed by atoms with Gasteiger partial charge in [-0.2, -0.15) is 5.26 Å². The van der Waals surface area contributed by atoms with Gasteiger partial charge in [0.15, 0.2) is 0 Å². The van der Waals surface area contributed by atoms with Crippen LogP contribution >= 0.6 is 0 Å². The number of hydrogen-bond acceptors (Lipinski definition) is 5. The lowest BCUT2D eigenvalue weighted by molar-refractivity contribution is 0.415. The SMILES string of the molecule is COc1ccccc1-c1c(C)nc(N)c(C#N)c1-c1ccccc1OC. The molecule has 0 bridgehead atoms. The van der Waals surface area contributed by atoms with Crippen molar-refractivity contribution in [2.75, 3.05) is 20.0 Å². The Balaban J connectivity index is 2.48. The van der Waals surface area contributed by atoms with Crippen LogP contribution in [0.2, 0.25) is 0 Å². The number of nitrogens with zero attached hydrogens (tertiary/aromatic N) is 2. The van der Waals surface area contributed by atoms with Crippen molar-refractivity contribution in [1.82, 2.24) is 4.98 Å². The third-order valence-electron chi connectivity index (χ3n) is 4.27. The predicted octanol–water partition coefficient (Wildman–Crippen LogP) is 4.20. The molecule has 0 saturated carbocycles. The Bertz CT molecular complexity index is 1010. The number of para-hydroxylation sites is 2. The van der Waals surface area contributed by atoms with Gasteiger partial charge in [-0.05, 0) is 19.1 Å². The molecule has 0 radical (unpaired) electrons. The molecule has 3 aromatic rings. The molecular formula is C21H19N3O2. The second-order valence-electron chi connectivity index (χ2n) is 5.72. The lowest BCUT2D eigenvalue weighted by Gasteiger charge is -2.19. The maximum Gasteiger partial charge on any atom is 0.142 e. The number of nitrogen functional groups attached to an aromatic ring is 1. The summed E-state index contributed by atoms with van der Waals surface area (Å²) in [6, 6.07) is 17.4. The zero-order valence-corrected chi connectivity index (χ0v) is 14.9. The number of aryl methyl sites for hydroxylation is 1. The van der Waals surface area contributed by atoms with Crippen LogP contribution in [0.15, 0.2) is 48.5 Å². The van der Waals surface area contributed by atoms with Crippen molar-refractivity contribution in [2.45, 2.75) is 6.92 Å². The second kappa shape index (κ2) is 7.16. The van der Waals surface area contributed by atoms with E-state index in [0.717, 1.165) is 16.7 Å². The minimum Gasteiger partial charge on any atom is -0.496 e. The average molecular weight is 345 g/mol. The number of benzene rings is 2. The number of rotatable bonds is 4. The van der Waals surface area contributed by atoms with Gasteiger partial charge in [-0.15, -0.1) is 0 Å². The number of anilines is 1. The molecule has 26 heavy (non-hydrogen) atoms. The Morgan fingerprint density at radius 1 is 0.885 bits per heavy atom. The van der Waals surface area contributed by atoms with E-state index in [-0.39, 0.29) is 5.82 Å². The fraction of sp³-hybridized carbons (Fsp3) is 0.143. The Labute approximate surface area is 152 Å². The van der Waals surface area contributed by atoms with Crippen LogP contribution in [-0.2, 0) is 0 Å². The van der Waals surface area contributed by atoms with Crippen LogP contribution < -0.4 is 15.2 Å². The van der Waals surface area contributed by atoms with Crippen molar-refractivity contribution in [3.63, 3.8) is 0 Å². The number of nitrogens with two attached hydrogens (primary N) is 1. The van der Waals surface area contributed by atoms with Gasteiger partial charge >= 0.3 is 0 Å². The number of hydrogen-bond donors (Lipinski definition) is 1. The van der Waals surface area contributed by atoms with Crippen molar-refractivity contribution in [1.29, 1.82) is 5.26 Å². The highest BCUT2D eigenvalue weighted by molar-refractivity contribution is 5.94. The molecule has 0 atom stereocenters. The quantitative estimate of drug-likeness (QED) is 0.766. The summed E-state index contributed by atoms with van der Waals surface area (Å²) in [6.45, 7) is 1.87. The molecule has 0 unspecified atom stereocenters. The molecule has 0 aliphatic rings. The van der Waals surface area contributed by atoms with Gasteiger partial charge in [0.1, 0.15) is 28.9 Å². The molecule has 3 rings (SSSR count). The molecule has 0 fully saturated rings. The van der Waals surface area contributed by atoms with E-state index in [2.05, 4.69) is 11.1 Å². The molecule has 0 saturated heterocycles. The summed E-state index contributed by atoms with van der Waals surface area (Å²) < 4.78 is 11.1. The Kier molecular flexibility index (Phi) is 4.76. The molecule has 0 amide bonds. The minimum atomic E-state index is 0.199. The van der Waals surface area contributed by atoms with Crippen LogP contribution in [0.25, 0.3) is 22.3 Å². The van der Waals surface area contributed by atoms with Crippen LogP contribution in [0, 0.1) is 18.3 Å². The summed E-state index contributed by atoms with van der Waals surface area (Å²) in [5, 5.41) is 9.77. The second-order valence-corrected chi connectivity index (χ2v) is 5.72. The standard InChI is InChI=1S/C21H19N3O2/c1-13-19(14-8-4-6-10-17(14)25-2)20(16(12-22)21(23)24-13)15-9-5-7-11-18(15)26-3/h4-11H,1-3H3,(H2,23,24). The summed E-state index contributed by atoms with van der Waals surface area (Å²) >= 11 is 0. The van der Waals surface area contributed by atoms with E-state index in [1.807, 2.05) is 55.5 Å². The number of aromatic nitrogens is 1.